The lowest BCUT2D eigenvalue weighted by atomic mass is 9.87. The van der Waals surface area contributed by atoms with Gasteiger partial charge < -0.3 is 58.2 Å². The highest BCUT2D eigenvalue weighted by molar-refractivity contribution is 6.00. The molecule has 5 rings (SSSR count). The fourth-order valence-electron chi connectivity index (χ4n) is 7.49. The average Bonchev–Trinajstić information content (AvgIpc) is 3.30. The molecule has 2 heterocycles. The number of amides is 7. The Morgan fingerprint density at radius 3 is 2.18 bits per heavy atom. The lowest BCUT2D eigenvalue weighted by Crippen LogP contribution is -2.56. The normalized spacial score (nSPS) is 16.4. The number of likely N-dealkylation sites (N-methyl/N-ethyl adjacent to an activating group) is 1. The van der Waals surface area contributed by atoms with Gasteiger partial charge in [0.2, 0.25) is 23.6 Å². The molecule has 68 heavy (non-hydrogen) atoms. The number of urea groups is 1. The zero-order valence-corrected chi connectivity index (χ0v) is 39.1. The van der Waals surface area contributed by atoms with Crippen molar-refractivity contribution in [1.29, 1.82) is 5.26 Å². The summed E-state index contributed by atoms with van der Waals surface area (Å²) < 4.78 is 12.2. The molecule has 4 atom stereocenters. The van der Waals surface area contributed by atoms with Crippen LogP contribution >= 0.6 is 0 Å². The van der Waals surface area contributed by atoms with E-state index < -0.39 is 59.7 Å². The van der Waals surface area contributed by atoms with Crippen LogP contribution in [0.25, 0.3) is 22.5 Å². The molecule has 7 amide bonds. The summed E-state index contributed by atoms with van der Waals surface area (Å²) in [5.41, 5.74) is 21.0. The van der Waals surface area contributed by atoms with E-state index in [-0.39, 0.29) is 68.8 Å². The number of aromatic nitrogens is 2. The number of nitriles is 1. The van der Waals surface area contributed by atoms with Crippen molar-refractivity contribution in [2.75, 3.05) is 46.4 Å². The maximum Gasteiger partial charge on any atom is 0.312 e. The summed E-state index contributed by atoms with van der Waals surface area (Å²) in [6.07, 6.45) is 1.18. The van der Waals surface area contributed by atoms with Gasteiger partial charge in [-0.05, 0) is 66.6 Å². The molecule has 20 heteroatoms. The van der Waals surface area contributed by atoms with E-state index in [1.165, 1.54) is 20.2 Å². The highest BCUT2D eigenvalue weighted by Crippen LogP contribution is 2.40. The predicted octanol–water partition coefficient (Wildman–Crippen LogP) is 1.63. The van der Waals surface area contributed by atoms with Crippen LogP contribution in [0, 0.1) is 18.3 Å². The number of carbonyl (C=O) groups excluding carboxylic acids is 6. The van der Waals surface area contributed by atoms with Crippen molar-refractivity contribution in [1.82, 2.24) is 41.5 Å². The van der Waals surface area contributed by atoms with Gasteiger partial charge in [-0.1, -0.05) is 57.2 Å². The van der Waals surface area contributed by atoms with E-state index in [1.807, 2.05) is 30.3 Å². The number of aryl methyl sites for hydroxylation is 1. The van der Waals surface area contributed by atoms with Gasteiger partial charge in [0, 0.05) is 56.0 Å². The highest BCUT2D eigenvalue weighted by Gasteiger charge is 2.36. The molecular formula is C48H60N12O8. The second-order valence-corrected chi connectivity index (χ2v) is 17.2. The number of hydrogen-bond donors (Lipinski definition) is 8. The second kappa shape index (κ2) is 23.2. The van der Waals surface area contributed by atoms with Crippen LogP contribution < -0.4 is 53.3 Å². The van der Waals surface area contributed by atoms with Crippen molar-refractivity contribution in [3.63, 3.8) is 0 Å². The van der Waals surface area contributed by atoms with E-state index in [0.717, 1.165) is 16.0 Å². The first kappa shape index (κ1) is 51.4. The predicted molar refractivity (Wildman–Crippen MR) is 253 cm³/mol. The molecule has 360 valence electrons. The first-order chi connectivity index (χ1) is 32.4. The highest BCUT2D eigenvalue weighted by atomic mass is 16.5. The minimum atomic E-state index is -1.48. The third-order valence-corrected chi connectivity index (χ3v) is 11.1. The molecule has 20 nitrogen and oxygen atoms in total. The molecule has 0 aliphatic carbocycles. The van der Waals surface area contributed by atoms with E-state index in [4.69, 9.17) is 26.7 Å². The van der Waals surface area contributed by atoms with Crippen LogP contribution in [0.2, 0.25) is 0 Å². The Balaban J connectivity index is 1.58. The number of carbonyl (C=O) groups is 6. The molecule has 0 radical (unpaired) electrons. The van der Waals surface area contributed by atoms with Crippen molar-refractivity contribution in [2.45, 2.75) is 77.0 Å². The standard InChI is InChI=1S/C48H60N12O8/c1-27-35(26-55-41(56-27)30-8-11-32(12-9-30)48(3,4)5)43(62)58-36(15-19-54-47(52)66)46(65)60(6)40-31-10-14-39(68-22-18-51)34(25-31)33-23-29(7-13-38(33)67-21-17-50)24-37(44(63)53-20-16-49)59-42(61)28(2)57-45(40)64/h7-14,23,25-26,28,36-37,40H,15,17-22,24,50-51H2,1-6H3,(H,53,63)(H,57,64)(H,58,62)(H,59,61)(H3,52,54,66)/t28-,36?,37-,40-/m0/s1. The third-order valence-electron chi connectivity index (χ3n) is 11.1. The van der Waals surface area contributed by atoms with Crippen LogP contribution in [0.15, 0.2) is 66.9 Å². The van der Waals surface area contributed by atoms with E-state index >= 15 is 0 Å². The molecule has 0 spiro atoms. The quantitative estimate of drug-likeness (QED) is 0.0742. The number of primary amides is 1. The number of nitrogens with two attached hydrogens (primary N) is 3. The van der Waals surface area contributed by atoms with E-state index in [9.17, 15) is 34.0 Å². The summed E-state index contributed by atoms with van der Waals surface area (Å²) >= 11 is 0. The van der Waals surface area contributed by atoms with Gasteiger partial charge in [-0.2, -0.15) is 5.26 Å². The number of benzene rings is 3. The van der Waals surface area contributed by atoms with Crippen LogP contribution in [0.1, 0.15) is 72.9 Å². The summed E-state index contributed by atoms with van der Waals surface area (Å²) in [4.78, 5) is 92.6. The van der Waals surface area contributed by atoms with Crippen LogP contribution in [-0.4, -0.2) is 115 Å². The minimum Gasteiger partial charge on any atom is -0.492 e. The van der Waals surface area contributed by atoms with Gasteiger partial charge in [0.1, 0.15) is 55.4 Å². The monoisotopic (exact) mass is 932 g/mol. The summed E-state index contributed by atoms with van der Waals surface area (Å²) in [6.45, 7) is 9.48. The summed E-state index contributed by atoms with van der Waals surface area (Å²) in [5.74, 6) is -2.55. The van der Waals surface area contributed by atoms with Crippen molar-refractivity contribution < 1.29 is 38.2 Å². The molecule has 0 saturated carbocycles. The van der Waals surface area contributed by atoms with Crippen LogP contribution in [0.5, 0.6) is 11.5 Å². The summed E-state index contributed by atoms with van der Waals surface area (Å²) in [6, 6.07) is 13.5. The molecule has 1 aromatic heterocycles. The maximum absolute atomic E-state index is 14.8. The largest absolute Gasteiger partial charge is 0.492 e. The maximum atomic E-state index is 14.8. The van der Waals surface area contributed by atoms with Gasteiger partial charge in [0.25, 0.3) is 5.91 Å². The summed E-state index contributed by atoms with van der Waals surface area (Å²) in [7, 11) is 1.36. The molecule has 0 fully saturated rings. The van der Waals surface area contributed by atoms with E-state index in [2.05, 4.69) is 57.3 Å². The van der Waals surface area contributed by atoms with Crippen LogP contribution in [-0.2, 0) is 31.0 Å². The lowest BCUT2D eigenvalue weighted by molar-refractivity contribution is -0.141. The van der Waals surface area contributed by atoms with Crippen molar-refractivity contribution >= 4 is 35.6 Å². The lowest BCUT2D eigenvalue weighted by Gasteiger charge is -2.32. The van der Waals surface area contributed by atoms with Gasteiger partial charge >= 0.3 is 6.03 Å². The van der Waals surface area contributed by atoms with Gasteiger partial charge in [-0.15, -0.1) is 0 Å². The topological polar surface area (TPSA) is 312 Å². The van der Waals surface area contributed by atoms with E-state index in [0.29, 0.717) is 39.7 Å². The fraction of sp³-hybridized carbons (Fsp3) is 0.396. The third kappa shape index (κ3) is 13.0. The fourth-order valence-corrected chi connectivity index (χ4v) is 7.49. The molecule has 4 bridgehead atoms. The zero-order valence-electron chi connectivity index (χ0n) is 39.1. The molecule has 3 aromatic carbocycles. The number of nitrogens with one attached hydrogen (secondary N) is 5. The molecule has 1 aliphatic heterocycles. The first-order valence-electron chi connectivity index (χ1n) is 22.1. The summed E-state index contributed by atoms with van der Waals surface area (Å²) in [5, 5.41) is 22.2. The Kier molecular flexibility index (Phi) is 17.5. The number of nitrogens with zero attached hydrogens (tertiary/aromatic N) is 4. The SMILES string of the molecule is Cc1nc(-c2ccc(C(C)(C)C)cc2)ncc1C(=O)NC(CCNC(N)=O)C(=O)N(C)[C@@H]1C(=O)N[C@@H](C)C(=O)N[C@H](C(=O)NCC#N)Cc2ccc(OCCN)c(c2)-c2cc1ccc2OCCN. The number of fused-ring (bicyclic) bond motifs is 5. The number of hydrogen-bond acceptors (Lipinski definition) is 13. The Morgan fingerprint density at radius 2 is 1.57 bits per heavy atom. The van der Waals surface area contributed by atoms with Crippen molar-refractivity contribution in [3.05, 3.63) is 94.8 Å². The number of rotatable bonds is 16. The molecule has 1 unspecified atom stereocenters. The van der Waals surface area contributed by atoms with Crippen LogP contribution in [0.3, 0.4) is 0 Å². The Morgan fingerprint density at radius 1 is 0.926 bits per heavy atom. The van der Waals surface area contributed by atoms with Crippen LogP contribution in [0.4, 0.5) is 4.79 Å². The van der Waals surface area contributed by atoms with Gasteiger partial charge in [-0.3, -0.25) is 24.0 Å². The molecule has 4 aromatic rings. The van der Waals surface area contributed by atoms with Crippen molar-refractivity contribution in [2.24, 2.45) is 17.2 Å². The first-order valence-corrected chi connectivity index (χ1v) is 22.1. The molecule has 11 N–H and O–H groups in total. The van der Waals surface area contributed by atoms with Crippen molar-refractivity contribution in [3.8, 4) is 40.1 Å². The Bertz CT molecular complexity index is 2540. The minimum absolute atomic E-state index is 0.0225. The number of ether oxygens (including phenoxy) is 2. The van der Waals surface area contributed by atoms with E-state index in [1.54, 1.807) is 43.3 Å². The second-order valence-electron chi connectivity index (χ2n) is 17.2. The van der Waals surface area contributed by atoms with Gasteiger partial charge in [0.15, 0.2) is 5.82 Å². The zero-order chi connectivity index (χ0) is 49.7. The molecule has 0 saturated heterocycles. The molecule has 1 aliphatic rings. The van der Waals surface area contributed by atoms with Gasteiger partial charge in [0.05, 0.1) is 17.3 Å². The average molecular weight is 933 g/mol. The Hall–Kier alpha value is -7.63. The molecular weight excluding hydrogens is 873 g/mol. The Labute approximate surface area is 395 Å². The van der Waals surface area contributed by atoms with Gasteiger partial charge in [-0.25, -0.2) is 14.8 Å². The smallest absolute Gasteiger partial charge is 0.312 e.